The van der Waals surface area contributed by atoms with Gasteiger partial charge in [0.1, 0.15) is 5.82 Å². The molecule has 4 heteroatoms. The average molecular weight is 274 g/mol. The topological polar surface area (TPSA) is 21.3 Å². The molecule has 1 saturated heterocycles. The summed E-state index contributed by atoms with van der Waals surface area (Å²) < 4.78 is 19.4. The third-order valence-corrected chi connectivity index (χ3v) is 3.23. The normalized spacial score (nSPS) is 18.6. The number of hydrogen-bond acceptors (Lipinski definition) is 2. The summed E-state index contributed by atoms with van der Waals surface area (Å²) in [6.07, 6.45) is 0.743. The highest BCUT2D eigenvalue weighted by atomic mass is 79.9. The van der Waals surface area contributed by atoms with Gasteiger partial charge < -0.3 is 10.1 Å². The Balaban J connectivity index is 2.16. The van der Waals surface area contributed by atoms with E-state index in [9.17, 15) is 4.39 Å². The Morgan fingerprint density at radius 2 is 2.20 bits per heavy atom. The first-order chi connectivity index (χ1) is 7.13. The predicted molar refractivity (Wildman–Crippen MR) is 60.4 cm³/mol. The van der Waals surface area contributed by atoms with Crippen molar-refractivity contribution in [3.63, 3.8) is 0 Å². The van der Waals surface area contributed by atoms with E-state index in [0.717, 1.165) is 29.5 Å². The maximum atomic E-state index is 13.1. The maximum absolute atomic E-state index is 13.1. The van der Waals surface area contributed by atoms with E-state index in [1.54, 1.807) is 13.2 Å². The first-order valence-electron chi connectivity index (χ1n) is 4.84. The smallest absolute Gasteiger partial charge is 0.124 e. The van der Waals surface area contributed by atoms with Gasteiger partial charge in [-0.15, -0.1) is 0 Å². The van der Waals surface area contributed by atoms with Crippen LogP contribution in [0.3, 0.4) is 0 Å². The summed E-state index contributed by atoms with van der Waals surface area (Å²) in [5.74, 6) is -0.210. The fraction of sp³-hybridized carbons (Fsp3) is 0.455. The van der Waals surface area contributed by atoms with Gasteiger partial charge in [-0.2, -0.15) is 0 Å². The lowest BCUT2D eigenvalue weighted by Crippen LogP contribution is -2.61. The molecule has 82 valence electrons. The van der Waals surface area contributed by atoms with E-state index in [1.807, 2.05) is 6.07 Å². The van der Waals surface area contributed by atoms with Crippen LogP contribution in [0.15, 0.2) is 22.7 Å². The fourth-order valence-corrected chi connectivity index (χ4v) is 2.34. The summed E-state index contributed by atoms with van der Waals surface area (Å²) in [7, 11) is 1.70. The molecule has 0 aromatic heterocycles. The summed E-state index contributed by atoms with van der Waals surface area (Å²) >= 11 is 3.29. The van der Waals surface area contributed by atoms with Crippen molar-refractivity contribution >= 4 is 15.9 Å². The lowest BCUT2D eigenvalue weighted by molar-refractivity contribution is -0.0502. The summed E-state index contributed by atoms with van der Waals surface area (Å²) in [5, 5.41) is 3.17. The minimum absolute atomic E-state index is 0.146. The zero-order valence-electron chi connectivity index (χ0n) is 8.52. The second-order valence-corrected chi connectivity index (χ2v) is 4.86. The van der Waals surface area contributed by atoms with Crippen molar-refractivity contribution in [3.05, 3.63) is 34.1 Å². The Hall–Kier alpha value is -0.450. The number of nitrogens with one attached hydrogen (secondary N) is 1. The van der Waals surface area contributed by atoms with Crippen LogP contribution in [0, 0.1) is 5.82 Å². The van der Waals surface area contributed by atoms with E-state index in [-0.39, 0.29) is 11.4 Å². The largest absolute Gasteiger partial charge is 0.375 e. The van der Waals surface area contributed by atoms with E-state index in [0.29, 0.717) is 0 Å². The lowest BCUT2D eigenvalue weighted by Gasteiger charge is -2.41. The Morgan fingerprint density at radius 1 is 1.47 bits per heavy atom. The molecule has 0 radical (unpaired) electrons. The molecule has 1 aromatic rings. The minimum Gasteiger partial charge on any atom is -0.375 e. The van der Waals surface area contributed by atoms with Crippen LogP contribution in [0.1, 0.15) is 5.56 Å². The Morgan fingerprint density at radius 3 is 2.67 bits per heavy atom. The SMILES string of the molecule is COC1(Cc2cc(F)cc(Br)c2)CNC1. The third-order valence-electron chi connectivity index (χ3n) is 2.78. The maximum Gasteiger partial charge on any atom is 0.124 e. The molecule has 1 aromatic carbocycles. The van der Waals surface area contributed by atoms with Crippen molar-refractivity contribution in [2.75, 3.05) is 20.2 Å². The van der Waals surface area contributed by atoms with Crippen LogP contribution in [-0.2, 0) is 11.2 Å². The Kier molecular flexibility index (Phi) is 3.09. The van der Waals surface area contributed by atoms with E-state index in [1.165, 1.54) is 6.07 Å². The zero-order chi connectivity index (χ0) is 10.9. The first-order valence-corrected chi connectivity index (χ1v) is 5.64. The van der Waals surface area contributed by atoms with Crippen molar-refractivity contribution < 1.29 is 9.13 Å². The van der Waals surface area contributed by atoms with Gasteiger partial charge in [0.15, 0.2) is 0 Å². The summed E-state index contributed by atoms with van der Waals surface area (Å²) in [4.78, 5) is 0. The molecule has 1 aliphatic heterocycles. The van der Waals surface area contributed by atoms with E-state index in [4.69, 9.17) is 4.74 Å². The Bertz CT molecular complexity index is 340. The van der Waals surface area contributed by atoms with Crippen LogP contribution < -0.4 is 5.32 Å². The number of ether oxygens (including phenoxy) is 1. The highest BCUT2D eigenvalue weighted by molar-refractivity contribution is 9.10. The Labute approximate surface area is 96.9 Å². The van der Waals surface area contributed by atoms with Crippen molar-refractivity contribution in [3.8, 4) is 0 Å². The molecule has 1 fully saturated rings. The number of halogens is 2. The van der Waals surface area contributed by atoms with Gasteiger partial charge in [-0.25, -0.2) is 4.39 Å². The molecule has 0 aliphatic carbocycles. The van der Waals surface area contributed by atoms with Gasteiger partial charge >= 0.3 is 0 Å². The summed E-state index contributed by atoms with van der Waals surface area (Å²) in [5.41, 5.74) is 0.818. The van der Waals surface area contributed by atoms with Crippen molar-refractivity contribution in [1.82, 2.24) is 5.32 Å². The third kappa shape index (κ3) is 2.38. The van der Waals surface area contributed by atoms with Gasteiger partial charge in [0.05, 0.1) is 5.60 Å². The van der Waals surface area contributed by atoms with Crippen molar-refractivity contribution in [2.45, 2.75) is 12.0 Å². The molecule has 2 nitrogen and oxygen atoms in total. The number of rotatable bonds is 3. The molecule has 0 atom stereocenters. The van der Waals surface area contributed by atoms with Crippen LogP contribution in [0.25, 0.3) is 0 Å². The first kappa shape index (κ1) is 11.0. The van der Waals surface area contributed by atoms with Crippen LogP contribution >= 0.6 is 15.9 Å². The fourth-order valence-electron chi connectivity index (χ4n) is 1.83. The van der Waals surface area contributed by atoms with Crippen LogP contribution in [0.2, 0.25) is 0 Å². The lowest BCUT2D eigenvalue weighted by atomic mass is 9.89. The molecule has 0 amide bonds. The quantitative estimate of drug-likeness (QED) is 0.911. The van der Waals surface area contributed by atoms with E-state index in [2.05, 4.69) is 21.2 Å². The average Bonchev–Trinajstić information content (AvgIpc) is 2.10. The molecule has 0 bridgehead atoms. The standard InChI is InChI=1S/C11H13BrFNO/c1-15-11(6-14-7-11)5-8-2-9(12)4-10(13)3-8/h2-4,14H,5-7H2,1H3. The van der Waals surface area contributed by atoms with Crippen LogP contribution in [0.5, 0.6) is 0 Å². The number of benzene rings is 1. The van der Waals surface area contributed by atoms with Gasteiger partial charge in [0.2, 0.25) is 0 Å². The highest BCUT2D eigenvalue weighted by Crippen LogP contribution is 2.24. The molecule has 0 unspecified atom stereocenters. The van der Waals surface area contributed by atoms with Gasteiger partial charge in [-0.05, 0) is 23.8 Å². The molecular weight excluding hydrogens is 261 g/mol. The monoisotopic (exact) mass is 273 g/mol. The minimum atomic E-state index is -0.210. The molecule has 0 saturated carbocycles. The zero-order valence-corrected chi connectivity index (χ0v) is 10.1. The van der Waals surface area contributed by atoms with Crippen LogP contribution in [0.4, 0.5) is 4.39 Å². The molecule has 0 spiro atoms. The van der Waals surface area contributed by atoms with Gasteiger partial charge in [-0.1, -0.05) is 15.9 Å². The van der Waals surface area contributed by atoms with Gasteiger partial charge in [0.25, 0.3) is 0 Å². The molecular formula is C11H13BrFNO. The van der Waals surface area contributed by atoms with Crippen molar-refractivity contribution in [1.29, 1.82) is 0 Å². The predicted octanol–water partition coefficient (Wildman–Crippen LogP) is 2.12. The number of methoxy groups -OCH3 is 1. The van der Waals surface area contributed by atoms with Gasteiger partial charge in [-0.3, -0.25) is 0 Å². The van der Waals surface area contributed by atoms with E-state index >= 15 is 0 Å². The molecule has 15 heavy (non-hydrogen) atoms. The molecule has 1 aliphatic rings. The van der Waals surface area contributed by atoms with E-state index < -0.39 is 0 Å². The second-order valence-electron chi connectivity index (χ2n) is 3.95. The van der Waals surface area contributed by atoms with Crippen LogP contribution in [-0.4, -0.2) is 25.8 Å². The summed E-state index contributed by atoms with van der Waals surface area (Å²) in [6.45, 7) is 1.66. The molecule has 1 heterocycles. The number of hydrogen-bond donors (Lipinski definition) is 1. The summed E-state index contributed by atoms with van der Waals surface area (Å²) in [6, 6.07) is 4.95. The molecule has 1 N–H and O–H groups in total. The second kappa shape index (κ2) is 4.20. The highest BCUT2D eigenvalue weighted by Gasteiger charge is 2.36. The van der Waals surface area contributed by atoms with Gasteiger partial charge in [0, 0.05) is 31.1 Å². The van der Waals surface area contributed by atoms with Crippen molar-refractivity contribution in [2.24, 2.45) is 0 Å². The molecule has 2 rings (SSSR count).